The Morgan fingerprint density at radius 1 is 0.933 bits per heavy atom. The van der Waals surface area contributed by atoms with Crippen LogP contribution in [0.5, 0.6) is 5.75 Å². The Kier molecular flexibility index (Phi) is 3.47. The van der Waals surface area contributed by atoms with Gasteiger partial charge in [0.15, 0.2) is 0 Å². The van der Waals surface area contributed by atoms with Crippen LogP contribution < -0.4 is 0 Å². The van der Waals surface area contributed by atoms with Crippen molar-refractivity contribution in [3.05, 3.63) is 42.7 Å². The van der Waals surface area contributed by atoms with Crippen molar-refractivity contribution < 1.29 is 5.11 Å². The van der Waals surface area contributed by atoms with Crippen LogP contribution in [0.3, 0.4) is 0 Å². The summed E-state index contributed by atoms with van der Waals surface area (Å²) in [4.78, 5) is 8.28. The number of nitrogens with zero attached hydrogens (tertiary/aromatic N) is 2. The monoisotopic (exact) mass is 236 g/mol. The molecule has 76 valence electrons. The number of rotatable bonds is 3. The van der Waals surface area contributed by atoms with E-state index in [9.17, 15) is 5.11 Å². The quantitative estimate of drug-likeness (QED) is 0.830. The lowest BCUT2D eigenvalue weighted by molar-refractivity contribution is 0.472. The Morgan fingerprint density at radius 2 is 1.73 bits per heavy atom. The predicted octanol–water partition coefficient (Wildman–Crippen LogP) is 2.98. The van der Waals surface area contributed by atoms with E-state index in [0.29, 0.717) is 0 Å². The van der Waals surface area contributed by atoms with E-state index in [1.165, 1.54) is 21.6 Å². The summed E-state index contributed by atoms with van der Waals surface area (Å²) in [6.45, 7) is 0. The summed E-state index contributed by atoms with van der Waals surface area (Å²) in [5.41, 5.74) is 0. The normalized spacial score (nSPS) is 10.1. The molecule has 2 aromatic heterocycles. The van der Waals surface area contributed by atoms with Crippen LogP contribution in [0.25, 0.3) is 0 Å². The van der Waals surface area contributed by atoms with Gasteiger partial charge in [-0.15, -0.1) is 0 Å². The van der Waals surface area contributed by atoms with Gasteiger partial charge >= 0.3 is 0 Å². The van der Waals surface area contributed by atoms with Gasteiger partial charge in [-0.25, -0.2) is 9.97 Å². The second-order valence-electron chi connectivity index (χ2n) is 2.69. The highest BCUT2D eigenvalue weighted by atomic mass is 33.1. The van der Waals surface area contributed by atoms with E-state index < -0.39 is 0 Å². The Morgan fingerprint density at radius 3 is 2.47 bits per heavy atom. The van der Waals surface area contributed by atoms with Crippen LogP contribution in [-0.4, -0.2) is 15.1 Å². The summed E-state index contributed by atoms with van der Waals surface area (Å²) in [6.07, 6.45) is 3.33. The summed E-state index contributed by atoms with van der Waals surface area (Å²) in [5.74, 6) is 0.231. The molecule has 0 amide bonds. The maximum Gasteiger partial charge on any atom is 0.119 e. The lowest BCUT2D eigenvalue weighted by atomic mass is 10.5. The summed E-state index contributed by atoms with van der Waals surface area (Å²) >= 11 is 0. The summed E-state index contributed by atoms with van der Waals surface area (Å²) in [7, 11) is 2.98. The van der Waals surface area contributed by atoms with Crippen molar-refractivity contribution in [2.24, 2.45) is 0 Å². The molecule has 1 N–H and O–H groups in total. The van der Waals surface area contributed by atoms with Gasteiger partial charge in [0.25, 0.3) is 0 Å². The fraction of sp³-hybridized carbons (Fsp3) is 0. The smallest absolute Gasteiger partial charge is 0.119 e. The SMILES string of the molecule is Oc1ccnc(SSc2ccccn2)c1. The van der Waals surface area contributed by atoms with Gasteiger partial charge in [0.1, 0.15) is 15.8 Å². The average Bonchev–Trinajstić information content (AvgIpc) is 2.28. The first-order valence-corrected chi connectivity index (χ1v) is 6.40. The molecule has 0 aliphatic rings. The van der Waals surface area contributed by atoms with Crippen LogP contribution in [0.4, 0.5) is 0 Å². The number of hydrogen-bond donors (Lipinski definition) is 1. The van der Waals surface area contributed by atoms with Crippen LogP contribution in [0, 0.1) is 0 Å². The minimum atomic E-state index is 0.231. The highest BCUT2D eigenvalue weighted by Gasteiger charge is 1.99. The molecule has 3 nitrogen and oxygen atoms in total. The number of hydrogen-bond acceptors (Lipinski definition) is 5. The van der Waals surface area contributed by atoms with Crippen LogP contribution in [-0.2, 0) is 0 Å². The first kappa shape index (κ1) is 10.3. The van der Waals surface area contributed by atoms with Crippen molar-refractivity contribution in [2.45, 2.75) is 10.1 Å². The summed E-state index contributed by atoms with van der Waals surface area (Å²) in [6, 6.07) is 8.92. The van der Waals surface area contributed by atoms with Crippen molar-refractivity contribution in [3.8, 4) is 5.75 Å². The molecule has 0 fully saturated rings. The molecule has 2 heterocycles. The molecule has 0 saturated heterocycles. The van der Waals surface area contributed by atoms with Crippen molar-refractivity contribution in [2.75, 3.05) is 0 Å². The fourth-order valence-electron chi connectivity index (χ4n) is 0.926. The lowest BCUT2D eigenvalue weighted by Gasteiger charge is -1.99. The maximum absolute atomic E-state index is 9.23. The molecule has 0 aliphatic heterocycles. The van der Waals surface area contributed by atoms with Gasteiger partial charge in [0.05, 0.1) is 0 Å². The van der Waals surface area contributed by atoms with Crippen molar-refractivity contribution in [1.29, 1.82) is 0 Å². The molecule has 0 radical (unpaired) electrons. The minimum Gasteiger partial charge on any atom is -0.508 e. The average molecular weight is 236 g/mol. The molecular formula is C10H8N2OS2. The Labute approximate surface area is 95.4 Å². The fourth-order valence-corrected chi connectivity index (χ4v) is 2.69. The van der Waals surface area contributed by atoms with Crippen molar-refractivity contribution in [3.63, 3.8) is 0 Å². The summed E-state index contributed by atoms with van der Waals surface area (Å²) < 4.78 is 0. The third kappa shape index (κ3) is 3.14. The van der Waals surface area contributed by atoms with Crippen LogP contribution >= 0.6 is 21.6 Å². The van der Waals surface area contributed by atoms with E-state index in [-0.39, 0.29) is 5.75 Å². The maximum atomic E-state index is 9.23. The van der Waals surface area contributed by atoms with Gasteiger partial charge in [-0.3, -0.25) is 0 Å². The topological polar surface area (TPSA) is 46.0 Å². The number of aromatic nitrogens is 2. The Bertz CT molecular complexity index is 436. The molecule has 5 heteroatoms. The molecular weight excluding hydrogens is 228 g/mol. The molecule has 0 spiro atoms. The zero-order valence-electron chi connectivity index (χ0n) is 7.70. The van der Waals surface area contributed by atoms with E-state index in [1.54, 1.807) is 24.5 Å². The van der Waals surface area contributed by atoms with E-state index in [4.69, 9.17) is 0 Å². The lowest BCUT2D eigenvalue weighted by Crippen LogP contribution is -1.77. The van der Waals surface area contributed by atoms with E-state index in [1.807, 2.05) is 18.2 Å². The largest absolute Gasteiger partial charge is 0.508 e. The standard InChI is InChI=1S/C10H8N2OS2/c13-8-4-6-12-10(7-8)15-14-9-3-1-2-5-11-9/h1-7H,(H,12,13). The van der Waals surface area contributed by atoms with Gasteiger partial charge < -0.3 is 5.11 Å². The number of aromatic hydroxyl groups is 1. The first-order chi connectivity index (χ1) is 7.34. The second kappa shape index (κ2) is 5.04. The first-order valence-electron chi connectivity index (χ1n) is 4.25. The van der Waals surface area contributed by atoms with E-state index >= 15 is 0 Å². The van der Waals surface area contributed by atoms with E-state index in [0.717, 1.165) is 10.1 Å². The van der Waals surface area contributed by atoms with Gasteiger partial charge in [-0.05, 0) is 39.8 Å². The third-order valence-electron chi connectivity index (χ3n) is 1.57. The second-order valence-corrected chi connectivity index (χ2v) is 4.86. The van der Waals surface area contributed by atoms with Crippen LogP contribution in [0.1, 0.15) is 0 Å². The predicted molar refractivity (Wildman–Crippen MR) is 61.9 cm³/mol. The third-order valence-corrected chi connectivity index (χ3v) is 3.73. The molecule has 2 rings (SSSR count). The Hall–Kier alpha value is -1.20. The highest BCUT2D eigenvalue weighted by Crippen LogP contribution is 2.35. The zero-order chi connectivity index (χ0) is 10.5. The van der Waals surface area contributed by atoms with Crippen LogP contribution in [0.2, 0.25) is 0 Å². The van der Waals surface area contributed by atoms with Gasteiger partial charge in [-0.1, -0.05) is 6.07 Å². The molecule has 0 saturated carbocycles. The molecule has 0 aromatic carbocycles. The number of pyridine rings is 2. The molecule has 0 atom stereocenters. The molecule has 0 bridgehead atoms. The highest BCUT2D eigenvalue weighted by molar-refractivity contribution is 8.76. The van der Waals surface area contributed by atoms with Gasteiger partial charge in [0.2, 0.25) is 0 Å². The van der Waals surface area contributed by atoms with Gasteiger partial charge in [0, 0.05) is 18.5 Å². The minimum absolute atomic E-state index is 0.231. The molecule has 0 aliphatic carbocycles. The van der Waals surface area contributed by atoms with Crippen LogP contribution in [0.15, 0.2) is 52.8 Å². The molecule has 15 heavy (non-hydrogen) atoms. The summed E-state index contributed by atoms with van der Waals surface area (Å²) in [5, 5.41) is 10.9. The molecule has 0 unspecified atom stereocenters. The zero-order valence-corrected chi connectivity index (χ0v) is 9.33. The van der Waals surface area contributed by atoms with Gasteiger partial charge in [-0.2, -0.15) is 0 Å². The Balaban J connectivity index is 1.99. The van der Waals surface area contributed by atoms with Crippen molar-refractivity contribution >= 4 is 21.6 Å². The van der Waals surface area contributed by atoms with Crippen molar-refractivity contribution in [1.82, 2.24) is 9.97 Å². The van der Waals surface area contributed by atoms with E-state index in [2.05, 4.69) is 9.97 Å². The molecule has 2 aromatic rings.